The van der Waals surface area contributed by atoms with Crippen LogP contribution in [0.2, 0.25) is 0 Å². The van der Waals surface area contributed by atoms with E-state index in [1.54, 1.807) is 0 Å². The van der Waals surface area contributed by atoms with Gasteiger partial charge in [-0.15, -0.1) is 0 Å². The Morgan fingerprint density at radius 2 is 1.60 bits per heavy atom. The highest BCUT2D eigenvalue weighted by Crippen LogP contribution is 2.16. The van der Waals surface area contributed by atoms with Crippen molar-refractivity contribution in [2.45, 2.75) is 45.7 Å². The summed E-state index contributed by atoms with van der Waals surface area (Å²) in [5.74, 6) is -2.62. The summed E-state index contributed by atoms with van der Waals surface area (Å²) in [7, 11) is 0. The Morgan fingerprint density at radius 3 is 1.70 bits per heavy atom. The predicted octanol–water partition coefficient (Wildman–Crippen LogP) is 2.03. The van der Waals surface area contributed by atoms with Crippen LogP contribution in [0.4, 0.5) is 8.78 Å². The Labute approximate surface area is 60.8 Å². The van der Waals surface area contributed by atoms with Crippen molar-refractivity contribution in [1.29, 1.82) is 0 Å². The zero-order valence-electron chi connectivity index (χ0n) is 6.91. The van der Waals surface area contributed by atoms with Crippen molar-refractivity contribution in [3.8, 4) is 0 Å². The van der Waals surface area contributed by atoms with Crippen molar-refractivity contribution < 1.29 is 8.78 Å². The Morgan fingerprint density at radius 1 is 1.20 bits per heavy atom. The lowest BCUT2D eigenvalue weighted by Gasteiger charge is -2.22. The minimum Gasteiger partial charge on any atom is -0.307 e. The highest BCUT2D eigenvalue weighted by molar-refractivity contribution is 4.75. The largest absolute Gasteiger partial charge is 0.307 e. The lowest BCUT2D eigenvalue weighted by Crippen LogP contribution is -2.43. The molecule has 0 heterocycles. The van der Waals surface area contributed by atoms with Crippen molar-refractivity contribution in [1.82, 2.24) is 5.32 Å². The maximum atomic E-state index is 12.4. The molecule has 0 fully saturated rings. The van der Waals surface area contributed by atoms with Crippen molar-refractivity contribution in [2.24, 2.45) is 0 Å². The first-order valence-corrected chi connectivity index (χ1v) is 3.48. The van der Waals surface area contributed by atoms with Gasteiger partial charge in [0.05, 0.1) is 6.04 Å². The smallest absolute Gasteiger partial charge is 0.260 e. The molecule has 0 saturated heterocycles. The van der Waals surface area contributed by atoms with Crippen LogP contribution in [0.15, 0.2) is 0 Å². The summed E-state index contributed by atoms with van der Waals surface area (Å²) in [5, 5.41) is 2.73. The predicted molar refractivity (Wildman–Crippen MR) is 38.4 cm³/mol. The zero-order chi connectivity index (χ0) is 8.36. The summed E-state index contributed by atoms with van der Waals surface area (Å²) >= 11 is 0. The molecule has 62 valence electrons. The molecule has 10 heavy (non-hydrogen) atoms. The quantitative estimate of drug-likeness (QED) is 0.650. The second-order valence-corrected chi connectivity index (χ2v) is 3.00. The average molecular weight is 151 g/mol. The maximum absolute atomic E-state index is 12.4. The van der Waals surface area contributed by atoms with Crippen LogP contribution >= 0.6 is 0 Å². The third-order valence-electron chi connectivity index (χ3n) is 1.34. The van der Waals surface area contributed by atoms with Gasteiger partial charge < -0.3 is 5.32 Å². The molecular formula is C7H15F2N. The minimum absolute atomic E-state index is 0.112. The van der Waals surface area contributed by atoms with Crippen LogP contribution in [0.3, 0.4) is 0 Å². The van der Waals surface area contributed by atoms with E-state index in [4.69, 9.17) is 0 Å². The lowest BCUT2D eigenvalue weighted by atomic mass is 10.2. The van der Waals surface area contributed by atoms with Gasteiger partial charge in [0, 0.05) is 13.0 Å². The summed E-state index contributed by atoms with van der Waals surface area (Å²) < 4.78 is 24.8. The van der Waals surface area contributed by atoms with Gasteiger partial charge in [-0.3, -0.25) is 0 Å². The molecule has 3 heteroatoms. The van der Waals surface area contributed by atoms with Crippen LogP contribution in [0.5, 0.6) is 0 Å². The summed E-state index contributed by atoms with van der Waals surface area (Å²) in [5.41, 5.74) is 0. The Kier molecular flexibility index (Phi) is 3.22. The van der Waals surface area contributed by atoms with E-state index in [1.165, 1.54) is 6.92 Å². The van der Waals surface area contributed by atoms with Crippen LogP contribution in [-0.4, -0.2) is 18.0 Å². The van der Waals surface area contributed by atoms with E-state index < -0.39 is 12.0 Å². The lowest BCUT2D eigenvalue weighted by molar-refractivity contribution is -0.0145. The second kappa shape index (κ2) is 3.28. The van der Waals surface area contributed by atoms with Gasteiger partial charge in [-0.25, -0.2) is 8.78 Å². The number of halogens is 2. The SMILES string of the molecule is CC(C)N[C@H](C)C(C)(F)F. The average Bonchev–Trinajstić information content (AvgIpc) is 1.60. The third kappa shape index (κ3) is 3.77. The number of nitrogens with one attached hydrogen (secondary N) is 1. The monoisotopic (exact) mass is 151 g/mol. The fourth-order valence-electron chi connectivity index (χ4n) is 0.646. The molecule has 0 radical (unpaired) electrons. The molecule has 0 aromatic rings. The summed E-state index contributed by atoms with van der Waals surface area (Å²) in [6.45, 7) is 6.11. The standard InChI is InChI=1S/C7H15F2N/c1-5(2)10-6(3)7(4,8)9/h5-6,10H,1-4H3/t6-/m1/s1. The van der Waals surface area contributed by atoms with Gasteiger partial charge in [0.25, 0.3) is 5.92 Å². The van der Waals surface area contributed by atoms with E-state index in [9.17, 15) is 8.78 Å². The fourth-order valence-corrected chi connectivity index (χ4v) is 0.646. The number of alkyl halides is 2. The number of rotatable bonds is 3. The normalized spacial score (nSPS) is 15.9. The van der Waals surface area contributed by atoms with Crippen LogP contribution in [0.1, 0.15) is 27.7 Å². The van der Waals surface area contributed by atoms with Crippen LogP contribution in [-0.2, 0) is 0 Å². The highest BCUT2D eigenvalue weighted by atomic mass is 19.3. The molecular weight excluding hydrogens is 136 g/mol. The van der Waals surface area contributed by atoms with Crippen molar-refractivity contribution in [3.05, 3.63) is 0 Å². The molecule has 1 atom stereocenters. The second-order valence-electron chi connectivity index (χ2n) is 3.00. The van der Waals surface area contributed by atoms with Crippen LogP contribution in [0.25, 0.3) is 0 Å². The van der Waals surface area contributed by atoms with Gasteiger partial charge in [0.1, 0.15) is 0 Å². The molecule has 0 spiro atoms. The van der Waals surface area contributed by atoms with Crippen molar-refractivity contribution in [3.63, 3.8) is 0 Å². The van der Waals surface area contributed by atoms with E-state index in [0.717, 1.165) is 6.92 Å². The molecule has 0 aromatic carbocycles. The molecule has 1 N–H and O–H groups in total. The minimum atomic E-state index is -2.62. The molecule has 0 bridgehead atoms. The van der Waals surface area contributed by atoms with E-state index in [-0.39, 0.29) is 6.04 Å². The van der Waals surface area contributed by atoms with E-state index in [2.05, 4.69) is 5.32 Å². The van der Waals surface area contributed by atoms with Crippen molar-refractivity contribution >= 4 is 0 Å². The summed E-state index contributed by atoms with van der Waals surface area (Å²) in [6.07, 6.45) is 0. The summed E-state index contributed by atoms with van der Waals surface area (Å²) in [6, 6.07) is -0.631. The third-order valence-corrected chi connectivity index (χ3v) is 1.34. The number of hydrogen-bond acceptors (Lipinski definition) is 1. The Bertz CT molecular complexity index is 96.3. The molecule has 0 amide bonds. The Balaban J connectivity index is 3.73. The van der Waals surface area contributed by atoms with Gasteiger partial charge >= 0.3 is 0 Å². The fraction of sp³-hybridized carbons (Fsp3) is 1.00. The van der Waals surface area contributed by atoms with Crippen LogP contribution in [0, 0.1) is 0 Å². The number of hydrogen-bond donors (Lipinski definition) is 1. The van der Waals surface area contributed by atoms with E-state index in [1.807, 2.05) is 13.8 Å². The van der Waals surface area contributed by atoms with Gasteiger partial charge in [-0.05, 0) is 6.92 Å². The zero-order valence-corrected chi connectivity index (χ0v) is 6.91. The topological polar surface area (TPSA) is 12.0 Å². The first-order chi connectivity index (χ1) is 4.34. The molecule has 1 nitrogen and oxygen atoms in total. The van der Waals surface area contributed by atoms with Gasteiger partial charge in [-0.1, -0.05) is 13.8 Å². The van der Waals surface area contributed by atoms with Gasteiger partial charge in [0.15, 0.2) is 0 Å². The molecule has 0 rings (SSSR count). The Hall–Kier alpha value is -0.180. The molecule has 0 aliphatic rings. The molecule has 0 aliphatic carbocycles. The molecule has 0 aliphatic heterocycles. The van der Waals surface area contributed by atoms with E-state index >= 15 is 0 Å². The first-order valence-electron chi connectivity index (χ1n) is 3.48. The molecule has 0 saturated carbocycles. The first kappa shape index (κ1) is 9.82. The maximum Gasteiger partial charge on any atom is 0.260 e. The van der Waals surface area contributed by atoms with Crippen LogP contribution < -0.4 is 5.32 Å². The van der Waals surface area contributed by atoms with Gasteiger partial charge in [0.2, 0.25) is 0 Å². The van der Waals surface area contributed by atoms with E-state index in [0.29, 0.717) is 0 Å². The molecule has 0 unspecified atom stereocenters. The van der Waals surface area contributed by atoms with Crippen molar-refractivity contribution in [2.75, 3.05) is 0 Å². The summed E-state index contributed by atoms with van der Waals surface area (Å²) in [4.78, 5) is 0. The van der Waals surface area contributed by atoms with Gasteiger partial charge in [-0.2, -0.15) is 0 Å². The highest BCUT2D eigenvalue weighted by Gasteiger charge is 2.29. The molecule has 0 aromatic heterocycles.